The number of rotatable bonds is 5. The summed E-state index contributed by atoms with van der Waals surface area (Å²) >= 11 is 1.80. The second-order valence-corrected chi connectivity index (χ2v) is 6.78. The van der Waals surface area contributed by atoms with Crippen LogP contribution in [0, 0.1) is 13.8 Å². The summed E-state index contributed by atoms with van der Waals surface area (Å²) in [5, 5.41) is 1.19. The Balaban J connectivity index is 2.11. The molecular formula is C16H23N3S. The third-order valence-electron chi connectivity index (χ3n) is 3.48. The van der Waals surface area contributed by atoms with Gasteiger partial charge >= 0.3 is 0 Å². The fourth-order valence-corrected chi connectivity index (χ4v) is 3.09. The first-order chi connectivity index (χ1) is 9.45. The van der Waals surface area contributed by atoms with Gasteiger partial charge in [0.25, 0.3) is 0 Å². The number of aryl methyl sites for hydroxylation is 2. The largest absolute Gasteiger partial charge is 0.399 e. The molecule has 0 aliphatic carbocycles. The molecule has 0 aliphatic heterocycles. The van der Waals surface area contributed by atoms with Gasteiger partial charge in [0.15, 0.2) is 0 Å². The lowest BCUT2D eigenvalue weighted by molar-refractivity contribution is 0.203. The van der Waals surface area contributed by atoms with Gasteiger partial charge in [0.1, 0.15) is 5.01 Å². The van der Waals surface area contributed by atoms with Crippen molar-refractivity contribution in [2.24, 2.45) is 0 Å². The monoisotopic (exact) mass is 289 g/mol. The number of hydrogen-bond donors (Lipinski definition) is 1. The average molecular weight is 289 g/mol. The summed E-state index contributed by atoms with van der Waals surface area (Å²) in [7, 11) is 0. The van der Waals surface area contributed by atoms with Crippen molar-refractivity contribution in [1.29, 1.82) is 0 Å². The molecule has 2 rings (SSSR count). The second-order valence-electron chi connectivity index (χ2n) is 5.49. The third kappa shape index (κ3) is 3.81. The van der Waals surface area contributed by atoms with Gasteiger partial charge < -0.3 is 5.73 Å². The molecular weight excluding hydrogens is 266 g/mol. The fourth-order valence-electron chi connectivity index (χ4n) is 2.13. The Labute approximate surface area is 125 Å². The number of anilines is 1. The normalized spacial score (nSPS) is 11.5. The van der Waals surface area contributed by atoms with Crippen molar-refractivity contribution in [3.05, 3.63) is 45.4 Å². The van der Waals surface area contributed by atoms with Gasteiger partial charge in [-0.25, -0.2) is 4.98 Å². The van der Waals surface area contributed by atoms with Gasteiger partial charge in [-0.3, -0.25) is 4.90 Å². The summed E-state index contributed by atoms with van der Waals surface area (Å²) in [6.45, 7) is 10.5. The van der Waals surface area contributed by atoms with E-state index < -0.39 is 0 Å². The molecule has 3 nitrogen and oxygen atoms in total. The van der Waals surface area contributed by atoms with E-state index in [1.807, 2.05) is 18.2 Å². The van der Waals surface area contributed by atoms with Gasteiger partial charge in [0.2, 0.25) is 0 Å². The number of nitrogen functional groups attached to an aromatic ring is 1. The number of nitrogens with two attached hydrogens (primary N) is 1. The lowest BCUT2D eigenvalue weighted by Crippen LogP contribution is -2.29. The van der Waals surface area contributed by atoms with Gasteiger partial charge in [-0.2, -0.15) is 0 Å². The highest BCUT2D eigenvalue weighted by atomic mass is 32.1. The van der Waals surface area contributed by atoms with Crippen LogP contribution >= 0.6 is 11.3 Å². The highest BCUT2D eigenvalue weighted by molar-refractivity contribution is 7.11. The Hall–Kier alpha value is -1.39. The predicted octanol–water partition coefficient (Wildman–Crippen LogP) is 3.75. The van der Waals surface area contributed by atoms with Crippen LogP contribution in [0.5, 0.6) is 0 Å². The SMILES string of the molecule is Cc1nc(CN(Cc2cccc(N)c2)C(C)C)sc1C. The summed E-state index contributed by atoms with van der Waals surface area (Å²) < 4.78 is 0. The molecule has 0 bridgehead atoms. The van der Waals surface area contributed by atoms with Crippen LogP contribution in [0.2, 0.25) is 0 Å². The minimum absolute atomic E-state index is 0.473. The molecule has 0 unspecified atom stereocenters. The molecule has 1 heterocycles. The maximum atomic E-state index is 5.86. The van der Waals surface area contributed by atoms with Crippen LogP contribution in [0.1, 0.15) is 35.0 Å². The number of benzene rings is 1. The minimum Gasteiger partial charge on any atom is -0.399 e. The number of aromatic nitrogens is 1. The number of nitrogens with zero attached hydrogens (tertiary/aromatic N) is 2. The van der Waals surface area contributed by atoms with E-state index in [0.29, 0.717) is 6.04 Å². The Morgan fingerprint density at radius 3 is 2.55 bits per heavy atom. The van der Waals surface area contributed by atoms with Crippen molar-refractivity contribution in [3.8, 4) is 0 Å². The summed E-state index contributed by atoms with van der Waals surface area (Å²) in [6, 6.07) is 8.59. The maximum absolute atomic E-state index is 5.86. The molecule has 0 radical (unpaired) electrons. The zero-order valence-corrected chi connectivity index (χ0v) is 13.5. The molecule has 2 aromatic rings. The third-order valence-corrected chi connectivity index (χ3v) is 4.54. The van der Waals surface area contributed by atoms with E-state index in [-0.39, 0.29) is 0 Å². The number of hydrogen-bond acceptors (Lipinski definition) is 4. The van der Waals surface area contributed by atoms with Crippen LogP contribution in [-0.4, -0.2) is 15.9 Å². The van der Waals surface area contributed by atoms with Gasteiger partial charge in [-0.1, -0.05) is 12.1 Å². The minimum atomic E-state index is 0.473. The average Bonchev–Trinajstić information content (AvgIpc) is 2.67. The Kier molecular flexibility index (Phi) is 4.78. The molecule has 0 atom stereocenters. The smallest absolute Gasteiger partial charge is 0.107 e. The first-order valence-electron chi connectivity index (χ1n) is 6.97. The van der Waals surface area contributed by atoms with Gasteiger partial charge in [0, 0.05) is 23.2 Å². The van der Waals surface area contributed by atoms with Crippen LogP contribution in [-0.2, 0) is 13.1 Å². The molecule has 108 valence electrons. The quantitative estimate of drug-likeness (QED) is 0.852. The number of thiazole rings is 1. The lowest BCUT2D eigenvalue weighted by atomic mass is 10.1. The summed E-state index contributed by atoms with van der Waals surface area (Å²) in [4.78, 5) is 8.38. The van der Waals surface area contributed by atoms with Crippen molar-refractivity contribution in [1.82, 2.24) is 9.88 Å². The van der Waals surface area contributed by atoms with E-state index in [1.165, 1.54) is 15.4 Å². The van der Waals surface area contributed by atoms with E-state index in [4.69, 9.17) is 5.73 Å². The van der Waals surface area contributed by atoms with Crippen molar-refractivity contribution < 1.29 is 0 Å². The molecule has 0 amide bonds. The van der Waals surface area contributed by atoms with Gasteiger partial charge in [-0.05, 0) is 45.4 Å². The standard InChI is InChI=1S/C16H23N3S/c1-11(2)19(9-14-6-5-7-15(17)8-14)10-16-18-12(3)13(4)20-16/h5-8,11H,9-10,17H2,1-4H3. The van der Waals surface area contributed by atoms with Gasteiger partial charge in [-0.15, -0.1) is 11.3 Å². The molecule has 0 saturated heterocycles. The first-order valence-corrected chi connectivity index (χ1v) is 7.78. The molecule has 2 N–H and O–H groups in total. The van der Waals surface area contributed by atoms with E-state index in [2.05, 4.69) is 43.6 Å². The zero-order valence-electron chi connectivity index (χ0n) is 12.7. The molecule has 20 heavy (non-hydrogen) atoms. The van der Waals surface area contributed by atoms with E-state index in [9.17, 15) is 0 Å². The van der Waals surface area contributed by atoms with E-state index >= 15 is 0 Å². The van der Waals surface area contributed by atoms with Crippen LogP contribution < -0.4 is 5.73 Å². The van der Waals surface area contributed by atoms with Crippen LogP contribution in [0.3, 0.4) is 0 Å². The van der Waals surface area contributed by atoms with E-state index in [1.54, 1.807) is 11.3 Å². The van der Waals surface area contributed by atoms with Crippen LogP contribution in [0.4, 0.5) is 5.69 Å². The highest BCUT2D eigenvalue weighted by Crippen LogP contribution is 2.20. The van der Waals surface area contributed by atoms with Crippen molar-refractivity contribution in [3.63, 3.8) is 0 Å². The fraction of sp³-hybridized carbons (Fsp3) is 0.438. The van der Waals surface area contributed by atoms with Crippen molar-refractivity contribution >= 4 is 17.0 Å². The molecule has 0 saturated carbocycles. The van der Waals surface area contributed by atoms with Crippen LogP contribution in [0.15, 0.2) is 24.3 Å². The second kappa shape index (κ2) is 6.37. The topological polar surface area (TPSA) is 42.2 Å². The predicted molar refractivity (Wildman–Crippen MR) is 86.8 cm³/mol. The van der Waals surface area contributed by atoms with Crippen LogP contribution in [0.25, 0.3) is 0 Å². The summed E-state index contributed by atoms with van der Waals surface area (Å²) in [5.74, 6) is 0. The van der Waals surface area contributed by atoms with E-state index in [0.717, 1.165) is 24.5 Å². The maximum Gasteiger partial charge on any atom is 0.107 e. The summed E-state index contributed by atoms with van der Waals surface area (Å²) in [5.41, 5.74) is 9.09. The first kappa shape index (κ1) is 15.0. The van der Waals surface area contributed by atoms with Gasteiger partial charge in [0.05, 0.1) is 12.2 Å². The van der Waals surface area contributed by atoms with Crippen molar-refractivity contribution in [2.45, 2.75) is 46.8 Å². The molecule has 1 aromatic carbocycles. The highest BCUT2D eigenvalue weighted by Gasteiger charge is 2.14. The Morgan fingerprint density at radius 2 is 2.00 bits per heavy atom. The zero-order chi connectivity index (χ0) is 14.7. The molecule has 1 aromatic heterocycles. The van der Waals surface area contributed by atoms with Crippen molar-refractivity contribution in [2.75, 3.05) is 5.73 Å². The molecule has 0 spiro atoms. The Morgan fingerprint density at radius 1 is 1.25 bits per heavy atom. The molecule has 0 aliphatic rings. The molecule has 0 fully saturated rings. The summed E-state index contributed by atoms with van der Waals surface area (Å²) in [6.07, 6.45) is 0. The molecule has 4 heteroatoms. The lowest BCUT2D eigenvalue weighted by Gasteiger charge is -2.25. The Bertz CT molecular complexity index is 555.